The highest BCUT2D eigenvalue weighted by Crippen LogP contribution is 2.28. The van der Waals surface area contributed by atoms with E-state index in [1.807, 2.05) is 23.6 Å². The van der Waals surface area contributed by atoms with E-state index in [0.717, 1.165) is 51.1 Å². The molecule has 6 nitrogen and oxygen atoms in total. The van der Waals surface area contributed by atoms with Crippen LogP contribution in [0, 0.1) is 0 Å². The fourth-order valence-electron chi connectivity index (χ4n) is 3.91. The molecule has 2 N–H and O–H groups in total. The number of thiophene rings is 1. The summed E-state index contributed by atoms with van der Waals surface area (Å²) in [4.78, 5) is 28.4. The lowest BCUT2D eigenvalue weighted by Gasteiger charge is -2.30. The van der Waals surface area contributed by atoms with Gasteiger partial charge in [0.1, 0.15) is 0 Å². The maximum Gasteiger partial charge on any atom is 0.265 e. The second-order valence-electron chi connectivity index (χ2n) is 7.56. The highest BCUT2D eigenvalue weighted by Gasteiger charge is 2.22. The van der Waals surface area contributed by atoms with Crippen LogP contribution in [0.4, 0.5) is 11.4 Å². The first kappa shape index (κ1) is 19.9. The zero-order valence-corrected chi connectivity index (χ0v) is 17.3. The Morgan fingerprint density at radius 3 is 2.69 bits per heavy atom. The molecule has 1 aromatic carbocycles. The fraction of sp³-hybridized carbons (Fsp3) is 0.455. The van der Waals surface area contributed by atoms with E-state index >= 15 is 0 Å². The molecule has 1 atom stereocenters. The molecular formula is C22H27N3O3S. The number of nitrogens with one attached hydrogen (secondary N) is 2. The van der Waals surface area contributed by atoms with Crippen molar-refractivity contribution in [1.29, 1.82) is 0 Å². The summed E-state index contributed by atoms with van der Waals surface area (Å²) in [7, 11) is 0. The molecule has 2 fully saturated rings. The van der Waals surface area contributed by atoms with Gasteiger partial charge in [-0.1, -0.05) is 6.07 Å². The second-order valence-corrected chi connectivity index (χ2v) is 8.50. The molecule has 7 heteroatoms. The first-order valence-electron chi connectivity index (χ1n) is 10.3. The van der Waals surface area contributed by atoms with Crippen LogP contribution < -0.4 is 15.5 Å². The molecule has 0 radical (unpaired) electrons. The average molecular weight is 414 g/mol. The molecule has 0 bridgehead atoms. The number of hydrogen-bond donors (Lipinski definition) is 2. The zero-order valence-electron chi connectivity index (χ0n) is 16.5. The van der Waals surface area contributed by atoms with Crippen LogP contribution in [-0.4, -0.2) is 44.2 Å². The van der Waals surface area contributed by atoms with Crippen LogP contribution in [0.25, 0.3) is 0 Å². The Hall–Kier alpha value is -2.38. The maximum absolute atomic E-state index is 13.0. The van der Waals surface area contributed by atoms with Crippen molar-refractivity contribution in [3.8, 4) is 0 Å². The van der Waals surface area contributed by atoms with E-state index in [4.69, 9.17) is 4.74 Å². The largest absolute Gasteiger partial charge is 0.376 e. The van der Waals surface area contributed by atoms with Crippen molar-refractivity contribution in [3.05, 3.63) is 46.2 Å². The van der Waals surface area contributed by atoms with Gasteiger partial charge in [-0.2, -0.15) is 0 Å². The van der Waals surface area contributed by atoms with Gasteiger partial charge in [-0.25, -0.2) is 0 Å². The van der Waals surface area contributed by atoms with Gasteiger partial charge in [0.25, 0.3) is 11.8 Å². The molecule has 3 heterocycles. The van der Waals surface area contributed by atoms with Crippen molar-refractivity contribution in [3.63, 3.8) is 0 Å². The summed E-state index contributed by atoms with van der Waals surface area (Å²) in [6.45, 7) is 3.19. The predicted molar refractivity (Wildman–Crippen MR) is 116 cm³/mol. The lowest BCUT2D eigenvalue weighted by atomic mass is 10.1. The van der Waals surface area contributed by atoms with Crippen molar-refractivity contribution in [2.24, 2.45) is 0 Å². The Bertz CT molecular complexity index is 841. The third-order valence-electron chi connectivity index (χ3n) is 5.46. The van der Waals surface area contributed by atoms with Crippen LogP contribution >= 0.6 is 11.3 Å². The van der Waals surface area contributed by atoms with Crippen LogP contribution in [0.2, 0.25) is 0 Å². The summed E-state index contributed by atoms with van der Waals surface area (Å²) in [5.74, 6) is -0.273. The van der Waals surface area contributed by atoms with Gasteiger partial charge in [0.15, 0.2) is 0 Å². The minimum absolute atomic E-state index is 0.0964. The molecule has 2 aliphatic rings. The molecule has 1 aromatic heterocycles. The lowest BCUT2D eigenvalue weighted by molar-refractivity contribution is 0.0858. The van der Waals surface area contributed by atoms with Crippen LogP contribution in [0.5, 0.6) is 0 Å². The molecular weight excluding hydrogens is 386 g/mol. The molecule has 0 unspecified atom stereocenters. The van der Waals surface area contributed by atoms with Crippen molar-refractivity contribution in [1.82, 2.24) is 5.32 Å². The predicted octanol–water partition coefficient (Wildman–Crippen LogP) is 3.90. The summed E-state index contributed by atoms with van der Waals surface area (Å²) in [5, 5.41) is 7.82. The van der Waals surface area contributed by atoms with Crippen LogP contribution in [-0.2, 0) is 4.74 Å². The minimum Gasteiger partial charge on any atom is -0.376 e. The third kappa shape index (κ3) is 4.97. The second kappa shape index (κ2) is 9.41. The van der Waals surface area contributed by atoms with Gasteiger partial charge in [-0.15, -0.1) is 11.3 Å². The Morgan fingerprint density at radius 2 is 1.97 bits per heavy atom. The highest BCUT2D eigenvalue weighted by atomic mass is 32.1. The number of anilines is 2. The first-order valence-corrected chi connectivity index (χ1v) is 11.2. The molecule has 0 aliphatic carbocycles. The minimum atomic E-state index is -0.156. The number of nitrogens with zero attached hydrogens (tertiary/aromatic N) is 1. The number of rotatable bonds is 6. The van der Waals surface area contributed by atoms with Gasteiger partial charge >= 0.3 is 0 Å². The normalized spacial score (nSPS) is 19.2. The van der Waals surface area contributed by atoms with Crippen LogP contribution in [0.3, 0.4) is 0 Å². The first-order chi connectivity index (χ1) is 14.2. The Labute approximate surface area is 175 Å². The van der Waals surface area contributed by atoms with Gasteiger partial charge in [-0.05, 0) is 61.7 Å². The highest BCUT2D eigenvalue weighted by molar-refractivity contribution is 7.12. The summed E-state index contributed by atoms with van der Waals surface area (Å²) < 4.78 is 5.62. The topological polar surface area (TPSA) is 70.7 Å². The van der Waals surface area contributed by atoms with E-state index in [2.05, 4.69) is 15.5 Å². The molecule has 2 aromatic rings. The Morgan fingerprint density at radius 1 is 1.10 bits per heavy atom. The van der Waals surface area contributed by atoms with Gasteiger partial charge in [0.2, 0.25) is 0 Å². The van der Waals surface area contributed by atoms with Gasteiger partial charge in [-0.3, -0.25) is 9.59 Å². The molecule has 0 saturated carbocycles. The lowest BCUT2D eigenvalue weighted by Crippen LogP contribution is -2.35. The summed E-state index contributed by atoms with van der Waals surface area (Å²) in [6, 6.07) is 9.27. The quantitative estimate of drug-likeness (QED) is 0.754. The van der Waals surface area contributed by atoms with Gasteiger partial charge in [0.05, 0.1) is 16.5 Å². The molecule has 4 rings (SSSR count). The van der Waals surface area contributed by atoms with E-state index in [9.17, 15) is 9.59 Å². The zero-order chi connectivity index (χ0) is 20.1. The average Bonchev–Trinajstić information content (AvgIpc) is 3.47. The van der Waals surface area contributed by atoms with Gasteiger partial charge in [0, 0.05) is 37.6 Å². The van der Waals surface area contributed by atoms with E-state index in [1.165, 1.54) is 17.8 Å². The van der Waals surface area contributed by atoms with Crippen LogP contribution in [0.1, 0.15) is 52.1 Å². The molecule has 2 aliphatic heterocycles. The molecule has 2 saturated heterocycles. The number of piperidine rings is 1. The molecule has 154 valence electrons. The standard InChI is InChI=1S/C22H27N3O3S/c26-21(23-15-17-6-4-12-28-17)18-14-16(24-22(27)20-7-5-13-29-20)8-9-19(18)25-10-2-1-3-11-25/h5,7-9,13-14,17H,1-4,6,10-12,15H2,(H,23,26)(H,24,27)/t17-/m0/s1. The summed E-state index contributed by atoms with van der Waals surface area (Å²) >= 11 is 1.40. The maximum atomic E-state index is 13.0. The van der Waals surface area contributed by atoms with Crippen molar-refractivity contribution >= 4 is 34.5 Å². The van der Waals surface area contributed by atoms with Crippen molar-refractivity contribution in [2.45, 2.75) is 38.2 Å². The molecule has 2 amide bonds. The number of carbonyl (C=O) groups excluding carboxylic acids is 2. The van der Waals surface area contributed by atoms with Crippen molar-refractivity contribution < 1.29 is 14.3 Å². The van der Waals surface area contributed by atoms with E-state index in [1.54, 1.807) is 12.1 Å². The number of hydrogen-bond acceptors (Lipinski definition) is 5. The summed E-state index contributed by atoms with van der Waals surface area (Å²) in [5.41, 5.74) is 2.17. The molecule has 0 spiro atoms. The smallest absolute Gasteiger partial charge is 0.265 e. The van der Waals surface area contributed by atoms with Crippen molar-refractivity contribution in [2.75, 3.05) is 36.5 Å². The van der Waals surface area contributed by atoms with E-state index in [0.29, 0.717) is 22.7 Å². The number of amides is 2. The van der Waals surface area contributed by atoms with E-state index in [-0.39, 0.29) is 17.9 Å². The van der Waals surface area contributed by atoms with Gasteiger partial charge < -0.3 is 20.3 Å². The fourth-order valence-corrected chi connectivity index (χ4v) is 4.53. The van der Waals surface area contributed by atoms with Crippen LogP contribution in [0.15, 0.2) is 35.7 Å². The number of carbonyl (C=O) groups is 2. The van der Waals surface area contributed by atoms with E-state index < -0.39 is 0 Å². The SMILES string of the molecule is O=C(Nc1ccc(N2CCCCC2)c(C(=O)NC[C@@H]2CCCO2)c1)c1cccs1. The third-order valence-corrected chi connectivity index (χ3v) is 6.32. The Kier molecular flexibility index (Phi) is 6.46. The summed E-state index contributed by atoms with van der Waals surface area (Å²) in [6.07, 6.45) is 5.62. The number of benzene rings is 1. The molecule has 29 heavy (non-hydrogen) atoms. The number of ether oxygens (including phenoxy) is 1. The Balaban J connectivity index is 1.53. The monoisotopic (exact) mass is 413 g/mol.